The molecular weight excluding hydrogens is 268 g/mol. The standard InChI is InChI=1S/C15H12N4O2/c1-9-5-6-10-3-2-4-11(14(10)16-9)17-13-8-7-12(15(20)21)18-19-13/h2-8H,1H3,(H,17,19)(H,20,21). The SMILES string of the molecule is Cc1ccc2cccc(Nc3ccc(C(=O)O)nn3)c2n1. The van der Waals surface area contributed by atoms with Gasteiger partial charge >= 0.3 is 5.97 Å². The zero-order chi connectivity index (χ0) is 14.8. The second kappa shape index (κ2) is 5.16. The molecule has 2 N–H and O–H groups in total. The van der Waals surface area contributed by atoms with Crippen LogP contribution < -0.4 is 5.32 Å². The van der Waals surface area contributed by atoms with Crippen LogP contribution in [0, 0.1) is 6.92 Å². The first-order valence-electron chi connectivity index (χ1n) is 6.34. The Balaban J connectivity index is 1.97. The summed E-state index contributed by atoms with van der Waals surface area (Å²) >= 11 is 0. The molecule has 21 heavy (non-hydrogen) atoms. The van der Waals surface area contributed by atoms with E-state index in [4.69, 9.17) is 5.11 Å². The molecule has 0 aliphatic carbocycles. The Kier molecular flexibility index (Phi) is 3.19. The highest BCUT2D eigenvalue weighted by Crippen LogP contribution is 2.24. The molecule has 0 fully saturated rings. The molecule has 2 aromatic heterocycles. The minimum Gasteiger partial charge on any atom is -0.476 e. The number of pyridine rings is 1. The molecule has 6 heteroatoms. The van der Waals surface area contributed by atoms with Crippen molar-refractivity contribution >= 4 is 28.4 Å². The van der Waals surface area contributed by atoms with E-state index in [-0.39, 0.29) is 5.69 Å². The number of hydrogen-bond donors (Lipinski definition) is 2. The number of carboxylic acid groups (broad SMARTS) is 1. The average molecular weight is 280 g/mol. The maximum absolute atomic E-state index is 10.7. The zero-order valence-electron chi connectivity index (χ0n) is 11.2. The van der Waals surface area contributed by atoms with Gasteiger partial charge in [0.05, 0.1) is 11.2 Å². The minimum absolute atomic E-state index is 0.0903. The van der Waals surface area contributed by atoms with Gasteiger partial charge in [0.25, 0.3) is 0 Å². The lowest BCUT2D eigenvalue weighted by molar-refractivity contribution is 0.0689. The van der Waals surface area contributed by atoms with Crippen molar-refractivity contribution in [3.8, 4) is 0 Å². The van der Waals surface area contributed by atoms with E-state index in [2.05, 4.69) is 20.5 Å². The normalized spacial score (nSPS) is 10.5. The molecule has 0 bridgehead atoms. The highest BCUT2D eigenvalue weighted by molar-refractivity contribution is 5.92. The molecule has 0 spiro atoms. The van der Waals surface area contributed by atoms with Gasteiger partial charge in [0, 0.05) is 11.1 Å². The number of hydrogen-bond acceptors (Lipinski definition) is 5. The second-order valence-electron chi connectivity index (χ2n) is 4.56. The van der Waals surface area contributed by atoms with Gasteiger partial charge in [0.2, 0.25) is 0 Å². The Hall–Kier alpha value is -3.02. The lowest BCUT2D eigenvalue weighted by Crippen LogP contribution is -2.04. The number of rotatable bonds is 3. The van der Waals surface area contributed by atoms with Crippen molar-refractivity contribution < 1.29 is 9.90 Å². The molecule has 1 aromatic carbocycles. The Morgan fingerprint density at radius 2 is 1.95 bits per heavy atom. The fourth-order valence-electron chi connectivity index (χ4n) is 2.00. The highest BCUT2D eigenvalue weighted by atomic mass is 16.4. The quantitative estimate of drug-likeness (QED) is 0.767. The summed E-state index contributed by atoms with van der Waals surface area (Å²) in [5, 5.41) is 20.4. The van der Waals surface area contributed by atoms with Crippen LogP contribution in [0.4, 0.5) is 11.5 Å². The molecule has 0 unspecified atom stereocenters. The lowest BCUT2D eigenvalue weighted by atomic mass is 10.1. The number of carbonyl (C=O) groups is 1. The predicted molar refractivity (Wildman–Crippen MR) is 78.8 cm³/mol. The van der Waals surface area contributed by atoms with Crippen molar-refractivity contribution in [1.29, 1.82) is 0 Å². The molecule has 0 saturated heterocycles. The fraction of sp³-hybridized carbons (Fsp3) is 0.0667. The van der Waals surface area contributed by atoms with Crippen LogP contribution in [0.1, 0.15) is 16.2 Å². The predicted octanol–water partition coefficient (Wildman–Crippen LogP) is 2.78. The Labute approximate surface area is 120 Å². The topological polar surface area (TPSA) is 88.0 Å². The maximum Gasteiger partial charge on any atom is 0.356 e. The van der Waals surface area contributed by atoms with E-state index in [1.165, 1.54) is 6.07 Å². The summed E-state index contributed by atoms with van der Waals surface area (Å²) in [7, 11) is 0. The number of aryl methyl sites for hydroxylation is 1. The van der Waals surface area contributed by atoms with Gasteiger partial charge in [-0.25, -0.2) is 4.79 Å². The zero-order valence-corrected chi connectivity index (χ0v) is 11.2. The van der Waals surface area contributed by atoms with E-state index in [1.54, 1.807) is 6.07 Å². The first kappa shape index (κ1) is 13.0. The third-order valence-electron chi connectivity index (χ3n) is 3.01. The maximum atomic E-state index is 10.7. The Morgan fingerprint density at radius 3 is 2.67 bits per heavy atom. The van der Waals surface area contributed by atoms with Gasteiger partial charge in [0.1, 0.15) is 0 Å². The number of para-hydroxylation sites is 1. The van der Waals surface area contributed by atoms with Crippen LogP contribution >= 0.6 is 0 Å². The number of anilines is 2. The summed E-state index contributed by atoms with van der Waals surface area (Å²) in [5.41, 5.74) is 2.46. The molecule has 0 aliphatic rings. The molecule has 104 valence electrons. The van der Waals surface area contributed by atoms with Crippen molar-refractivity contribution in [2.24, 2.45) is 0 Å². The van der Waals surface area contributed by atoms with E-state index < -0.39 is 5.97 Å². The lowest BCUT2D eigenvalue weighted by Gasteiger charge is -2.08. The van der Waals surface area contributed by atoms with Crippen LogP contribution in [0.2, 0.25) is 0 Å². The largest absolute Gasteiger partial charge is 0.476 e. The van der Waals surface area contributed by atoms with Gasteiger partial charge in [-0.15, -0.1) is 10.2 Å². The van der Waals surface area contributed by atoms with Crippen LogP contribution in [0.15, 0.2) is 42.5 Å². The summed E-state index contributed by atoms with van der Waals surface area (Å²) in [5.74, 6) is -0.632. The second-order valence-corrected chi connectivity index (χ2v) is 4.56. The van der Waals surface area contributed by atoms with Gasteiger partial charge in [-0.05, 0) is 31.2 Å². The van der Waals surface area contributed by atoms with Crippen LogP contribution in [0.5, 0.6) is 0 Å². The highest BCUT2D eigenvalue weighted by Gasteiger charge is 2.07. The van der Waals surface area contributed by atoms with Gasteiger partial charge in [0.15, 0.2) is 11.5 Å². The summed E-state index contributed by atoms with van der Waals surface area (Å²) < 4.78 is 0. The van der Waals surface area contributed by atoms with E-state index >= 15 is 0 Å². The molecule has 0 saturated carbocycles. The van der Waals surface area contributed by atoms with Gasteiger partial charge in [-0.1, -0.05) is 18.2 Å². The number of nitrogens with zero attached hydrogens (tertiary/aromatic N) is 3. The molecule has 2 heterocycles. The number of aromatic carboxylic acids is 1. The molecule has 0 atom stereocenters. The number of fused-ring (bicyclic) bond motifs is 1. The van der Waals surface area contributed by atoms with Gasteiger partial charge < -0.3 is 10.4 Å². The number of benzene rings is 1. The molecule has 6 nitrogen and oxygen atoms in total. The monoisotopic (exact) mass is 280 g/mol. The number of nitrogens with one attached hydrogen (secondary N) is 1. The first-order valence-corrected chi connectivity index (χ1v) is 6.34. The Morgan fingerprint density at radius 1 is 1.10 bits per heavy atom. The van der Waals surface area contributed by atoms with E-state index in [0.717, 1.165) is 22.3 Å². The fourth-order valence-corrected chi connectivity index (χ4v) is 2.00. The van der Waals surface area contributed by atoms with Crippen LogP contribution in [0.25, 0.3) is 10.9 Å². The molecule has 0 radical (unpaired) electrons. The van der Waals surface area contributed by atoms with Crippen molar-refractivity contribution in [1.82, 2.24) is 15.2 Å². The molecule has 0 aliphatic heterocycles. The number of aromatic nitrogens is 3. The van der Waals surface area contributed by atoms with Crippen LogP contribution in [-0.4, -0.2) is 26.3 Å². The van der Waals surface area contributed by atoms with Crippen LogP contribution in [0.3, 0.4) is 0 Å². The van der Waals surface area contributed by atoms with E-state index in [9.17, 15) is 4.79 Å². The molecular formula is C15H12N4O2. The van der Waals surface area contributed by atoms with Gasteiger partial charge in [-0.3, -0.25) is 4.98 Å². The first-order chi connectivity index (χ1) is 10.1. The third kappa shape index (κ3) is 2.64. The van der Waals surface area contributed by atoms with Gasteiger partial charge in [-0.2, -0.15) is 0 Å². The summed E-state index contributed by atoms with van der Waals surface area (Å²) in [6.07, 6.45) is 0. The summed E-state index contributed by atoms with van der Waals surface area (Å²) in [4.78, 5) is 15.3. The van der Waals surface area contributed by atoms with E-state index in [0.29, 0.717) is 5.82 Å². The van der Waals surface area contributed by atoms with Crippen molar-refractivity contribution in [3.63, 3.8) is 0 Å². The smallest absolute Gasteiger partial charge is 0.356 e. The van der Waals surface area contributed by atoms with Crippen molar-refractivity contribution in [3.05, 3.63) is 53.9 Å². The van der Waals surface area contributed by atoms with E-state index in [1.807, 2.05) is 37.3 Å². The summed E-state index contributed by atoms with van der Waals surface area (Å²) in [6, 6.07) is 12.7. The van der Waals surface area contributed by atoms with Crippen molar-refractivity contribution in [2.45, 2.75) is 6.92 Å². The van der Waals surface area contributed by atoms with Crippen LogP contribution in [-0.2, 0) is 0 Å². The average Bonchev–Trinajstić information content (AvgIpc) is 2.48. The molecule has 3 aromatic rings. The molecule has 0 amide bonds. The third-order valence-corrected chi connectivity index (χ3v) is 3.01. The Bertz CT molecular complexity index is 816. The van der Waals surface area contributed by atoms with Crippen molar-refractivity contribution in [2.75, 3.05) is 5.32 Å². The number of carboxylic acids is 1. The molecule has 3 rings (SSSR count). The summed E-state index contributed by atoms with van der Waals surface area (Å²) in [6.45, 7) is 1.93. The minimum atomic E-state index is -1.10.